The summed E-state index contributed by atoms with van der Waals surface area (Å²) in [6.07, 6.45) is 1.52. The number of carboxylic acid groups (broad SMARTS) is 1. The van der Waals surface area contributed by atoms with Crippen molar-refractivity contribution in [2.75, 3.05) is 0 Å². The van der Waals surface area contributed by atoms with Crippen LogP contribution in [0.1, 0.15) is 39.2 Å². The normalized spacial score (nSPS) is 13.7. The van der Waals surface area contributed by atoms with Crippen LogP contribution in [0.25, 0.3) is 0 Å². The SMILES string of the molecule is CC(C)C[C@@H](NC(=O)C(C)CCc1cccc(F)c1)C(=O)O. The highest BCUT2D eigenvalue weighted by molar-refractivity contribution is 5.84. The molecule has 1 aromatic carbocycles. The van der Waals surface area contributed by atoms with Crippen molar-refractivity contribution in [3.63, 3.8) is 0 Å². The van der Waals surface area contributed by atoms with Gasteiger partial charge in [0.2, 0.25) is 5.91 Å². The van der Waals surface area contributed by atoms with Crippen molar-refractivity contribution < 1.29 is 19.1 Å². The minimum Gasteiger partial charge on any atom is -0.480 e. The zero-order valence-corrected chi connectivity index (χ0v) is 13.3. The summed E-state index contributed by atoms with van der Waals surface area (Å²) in [6, 6.07) is 5.42. The van der Waals surface area contributed by atoms with E-state index in [9.17, 15) is 14.0 Å². The highest BCUT2D eigenvalue weighted by atomic mass is 19.1. The number of amides is 1. The van der Waals surface area contributed by atoms with Gasteiger partial charge in [0.05, 0.1) is 0 Å². The smallest absolute Gasteiger partial charge is 0.326 e. The fourth-order valence-electron chi connectivity index (χ4n) is 2.21. The fourth-order valence-corrected chi connectivity index (χ4v) is 2.21. The molecule has 0 saturated heterocycles. The summed E-state index contributed by atoms with van der Waals surface area (Å²) in [6.45, 7) is 5.58. The molecule has 0 spiro atoms. The molecule has 0 heterocycles. The number of aliphatic carboxylic acids is 1. The van der Waals surface area contributed by atoms with E-state index in [4.69, 9.17) is 5.11 Å². The van der Waals surface area contributed by atoms with Crippen molar-refractivity contribution in [1.29, 1.82) is 0 Å². The van der Waals surface area contributed by atoms with Gasteiger partial charge < -0.3 is 10.4 Å². The number of hydrogen-bond acceptors (Lipinski definition) is 2. The third-order valence-corrected chi connectivity index (χ3v) is 3.52. The number of carboxylic acids is 1. The number of benzene rings is 1. The third-order valence-electron chi connectivity index (χ3n) is 3.52. The molecule has 0 fully saturated rings. The predicted octanol–water partition coefficient (Wildman–Crippen LogP) is 3.01. The first-order valence-corrected chi connectivity index (χ1v) is 7.57. The highest BCUT2D eigenvalue weighted by Crippen LogP contribution is 2.12. The molecule has 22 heavy (non-hydrogen) atoms. The minimum atomic E-state index is -1.01. The maximum Gasteiger partial charge on any atom is 0.326 e. The van der Waals surface area contributed by atoms with Crippen LogP contribution in [-0.2, 0) is 16.0 Å². The van der Waals surface area contributed by atoms with Crippen LogP contribution in [0.5, 0.6) is 0 Å². The third kappa shape index (κ3) is 6.24. The molecule has 4 nitrogen and oxygen atoms in total. The van der Waals surface area contributed by atoms with Crippen molar-refractivity contribution in [1.82, 2.24) is 5.32 Å². The zero-order valence-electron chi connectivity index (χ0n) is 13.3. The Bertz CT molecular complexity index is 516. The van der Waals surface area contributed by atoms with Crippen molar-refractivity contribution in [3.05, 3.63) is 35.6 Å². The summed E-state index contributed by atoms with van der Waals surface area (Å²) in [5.74, 6) is -1.72. The van der Waals surface area contributed by atoms with E-state index < -0.39 is 12.0 Å². The van der Waals surface area contributed by atoms with Crippen LogP contribution in [0.2, 0.25) is 0 Å². The van der Waals surface area contributed by atoms with Crippen LogP contribution in [0, 0.1) is 17.7 Å². The summed E-state index contributed by atoms with van der Waals surface area (Å²) in [5, 5.41) is 11.7. The Labute approximate surface area is 130 Å². The molecule has 5 heteroatoms. The number of aryl methyl sites for hydroxylation is 1. The maximum absolute atomic E-state index is 13.1. The van der Waals surface area contributed by atoms with Crippen LogP contribution < -0.4 is 5.32 Å². The van der Waals surface area contributed by atoms with Gasteiger partial charge in [0, 0.05) is 5.92 Å². The summed E-state index contributed by atoms with van der Waals surface area (Å²) in [4.78, 5) is 23.2. The first-order valence-electron chi connectivity index (χ1n) is 7.57. The molecule has 2 N–H and O–H groups in total. The second kappa shape index (κ2) is 8.51. The lowest BCUT2D eigenvalue weighted by Gasteiger charge is -2.19. The lowest BCUT2D eigenvalue weighted by atomic mass is 9.98. The van der Waals surface area contributed by atoms with Crippen LogP contribution in [0.15, 0.2) is 24.3 Å². The fraction of sp³-hybridized carbons (Fsp3) is 0.529. The van der Waals surface area contributed by atoms with Crippen LogP contribution in [0.3, 0.4) is 0 Å². The van der Waals surface area contributed by atoms with E-state index in [-0.39, 0.29) is 23.6 Å². The van der Waals surface area contributed by atoms with Crippen molar-refractivity contribution in [3.8, 4) is 0 Å². The standard InChI is InChI=1S/C17H24FNO3/c1-11(2)9-15(17(21)22)19-16(20)12(3)7-8-13-5-4-6-14(18)10-13/h4-6,10-12,15H,7-9H2,1-3H3,(H,19,20)(H,21,22)/t12?,15-/m1/s1. The zero-order chi connectivity index (χ0) is 16.7. The number of halogens is 1. The molecule has 0 aromatic heterocycles. The van der Waals surface area contributed by atoms with Gasteiger partial charge in [-0.15, -0.1) is 0 Å². The molecule has 0 radical (unpaired) electrons. The van der Waals surface area contributed by atoms with E-state index in [2.05, 4.69) is 5.32 Å². The van der Waals surface area contributed by atoms with E-state index in [1.165, 1.54) is 12.1 Å². The molecule has 1 rings (SSSR count). The van der Waals surface area contributed by atoms with E-state index in [0.717, 1.165) is 5.56 Å². The Kier molecular flexibility index (Phi) is 7.02. The molecule has 0 aliphatic heterocycles. The van der Waals surface area contributed by atoms with Gasteiger partial charge in [-0.05, 0) is 42.9 Å². The molecule has 122 valence electrons. The average molecular weight is 309 g/mol. The average Bonchev–Trinajstić information content (AvgIpc) is 2.43. The molecule has 1 unspecified atom stereocenters. The van der Waals surface area contributed by atoms with Gasteiger partial charge in [-0.2, -0.15) is 0 Å². The largest absolute Gasteiger partial charge is 0.480 e. The number of nitrogens with one attached hydrogen (secondary N) is 1. The molecular weight excluding hydrogens is 285 g/mol. The minimum absolute atomic E-state index is 0.184. The molecular formula is C17H24FNO3. The lowest BCUT2D eigenvalue weighted by Crippen LogP contribution is -2.43. The number of carbonyl (C=O) groups excluding carboxylic acids is 1. The summed E-state index contributed by atoms with van der Waals surface area (Å²) < 4.78 is 13.1. The Morgan fingerprint density at radius 3 is 2.50 bits per heavy atom. The van der Waals surface area contributed by atoms with Crippen LogP contribution in [0.4, 0.5) is 4.39 Å². The van der Waals surface area contributed by atoms with E-state index in [0.29, 0.717) is 19.3 Å². The van der Waals surface area contributed by atoms with Crippen molar-refractivity contribution in [2.45, 2.75) is 46.1 Å². The summed E-state index contributed by atoms with van der Waals surface area (Å²) >= 11 is 0. The summed E-state index contributed by atoms with van der Waals surface area (Å²) in [7, 11) is 0. The Hall–Kier alpha value is -1.91. The molecule has 0 aliphatic rings. The molecule has 0 bridgehead atoms. The van der Waals surface area contributed by atoms with E-state index in [1.54, 1.807) is 13.0 Å². The van der Waals surface area contributed by atoms with Gasteiger partial charge in [0.25, 0.3) is 0 Å². The van der Waals surface area contributed by atoms with Gasteiger partial charge in [-0.25, -0.2) is 9.18 Å². The number of hydrogen-bond donors (Lipinski definition) is 2. The maximum atomic E-state index is 13.1. The lowest BCUT2D eigenvalue weighted by molar-refractivity contribution is -0.142. The molecule has 2 atom stereocenters. The topological polar surface area (TPSA) is 66.4 Å². The first kappa shape index (κ1) is 18.1. The van der Waals surface area contributed by atoms with Gasteiger partial charge in [-0.3, -0.25) is 4.79 Å². The van der Waals surface area contributed by atoms with E-state index >= 15 is 0 Å². The Balaban J connectivity index is 2.51. The van der Waals surface area contributed by atoms with Crippen molar-refractivity contribution >= 4 is 11.9 Å². The second-order valence-electron chi connectivity index (χ2n) is 6.10. The molecule has 1 amide bonds. The predicted molar refractivity (Wildman–Crippen MR) is 82.9 cm³/mol. The second-order valence-corrected chi connectivity index (χ2v) is 6.10. The Morgan fingerprint density at radius 2 is 1.95 bits per heavy atom. The first-order chi connectivity index (χ1) is 10.3. The van der Waals surface area contributed by atoms with E-state index in [1.807, 2.05) is 19.9 Å². The molecule has 0 saturated carbocycles. The van der Waals surface area contributed by atoms with Gasteiger partial charge in [0.1, 0.15) is 11.9 Å². The highest BCUT2D eigenvalue weighted by Gasteiger charge is 2.23. The summed E-state index contributed by atoms with van der Waals surface area (Å²) in [5.41, 5.74) is 0.830. The van der Waals surface area contributed by atoms with Crippen LogP contribution in [-0.4, -0.2) is 23.0 Å². The molecule has 0 aliphatic carbocycles. The number of carbonyl (C=O) groups is 2. The quantitative estimate of drug-likeness (QED) is 0.776. The monoisotopic (exact) mass is 309 g/mol. The number of rotatable bonds is 8. The molecule has 1 aromatic rings. The Morgan fingerprint density at radius 1 is 1.27 bits per heavy atom. The van der Waals surface area contributed by atoms with Gasteiger partial charge >= 0.3 is 5.97 Å². The van der Waals surface area contributed by atoms with Gasteiger partial charge in [0.15, 0.2) is 0 Å². The van der Waals surface area contributed by atoms with Crippen LogP contribution >= 0.6 is 0 Å². The van der Waals surface area contributed by atoms with Gasteiger partial charge in [-0.1, -0.05) is 32.9 Å². The van der Waals surface area contributed by atoms with Crippen molar-refractivity contribution in [2.24, 2.45) is 11.8 Å².